The number of fused-ring (bicyclic) bond motifs is 1. The monoisotopic (exact) mass is 484 g/mol. The van der Waals surface area contributed by atoms with Crippen LogP contribution in [-0.2, 0) is 9.59 Å². The second-order valence-electron chi connectivity index (χ2n) is 10.7. The number of hydrogen-bond donors (Lipinski definition) is 1. The number of thiophene rings is 1. The molecule has 1 N–H and O–H groups in total. The smallest absolute Gasteiger partial charge is 0.348 e. The number of carbonyl (C=O) groups excluding carboxylic acids is 2. The van der Waals surface area contributed by atoms with Crippen molar-refractivity contribution in [3.05, 3.63) is 21.9 Å². The normalized spacial score (nSPS) is 29.5. The maximum absolute atomic E-state index is 14.1. The first-order valence-corrected chi connectivity index (χ1v) is 13.9. The van der Waals surface area contributed by atoms with Gasteiger partial charge in [0.25, 0.3) is 0 Å². The third-order valence-electron chi connectivity index (χ3n) is 8.44. The van der Waals surface area contributed by atoms with Crippen molar-refractivity contribution in [1.29, 1.82) is 0 Å². The van der Waals surface area contributed by atoms with Gasteiger partial charge in [0.2, 0.25) is 11.8 Å². The van der Waals surface area contributed by atoms with Crippen molar-refractivity contribution in [3.63, 3.8) is 0 Å². The molecular weight excluding hydrogens is 448 g/mol. The van der Waals surface area contributed by atoms with E-state index >= 15 is 0 Å². The van der Waals surface area contributed by atoms with Crippen LogP contribution < -0.4 is 4.90 Å². The number of rotatable bonds is 5. The molecule has 184 valence electrons. The molecule has 3 fully saturated rings. The number of hydrogen-bond acceptors (Lipinski definition) is 4. The average Bonchev–Trinajstić information content (AvgIpc) is 3.44. The summed E-state index contributed by atoms with van der Waals surface area (Å²) in [5.41, 5.74) is 1.81. The van der Waals surface area contributed by atoms with Crippen molar-refractivity contribution in [2.75, 3.05) is 11.4 Å². The molecule has 3 heterocycles. The lowest BCUT2D eigenvalue weighted by molar-refractivity contribution is -0.130. The lowest BCUT2D eigenvalue weighted by Gasteiger charge is -2.42. The fourth-order valence-corrected chi connectivity index (χ4v) is 7.49. The summed E-state index contributed by atoms with van der Waals surface area (Å²) in [6.07, 6.45) is 13.3. The van der Waals surface area contributed by atoms with Gasteiger partial charge in [-0.15, -0.1) is 11.3 Å². The van der Waals surface area contributed by atoms with Gasteiger partial charge in [0.05, 0.1) is 5.69 Å². The summed E-state index contributed by atoms with van der Waals surface area (Å²) in [6.45, 7) is 2.90. The summed E-state index contributed by atoms with van der Waals surface area (Å²) in [7, 11) is 0. The molecule has 34 heavy (non-hydrogen) atoms. The highest BCUT2D eigenvalue weighted by Gasteiger charge is 2.42. The predicted molar refractivity (Wildman–Crippen MR) is 134 cm³/mol. The number of nitrogens with zero attached hydrogens (tertiary/aromatic N) is 2. The van der Waals surface area contributed by atoms with Gasteiger partial charge in [-0.25, -0.2) is 4.79 Å². The molecule has 7 heteroatoms. The molecule has 2 atom stereocenters. The van der Waals surface area contributed by atoms with Gasteiger partial charge in [0.15, 0.2) is 0 Å². The molecular formula is C27H36N2O4S. The molecule has 6 nitrogen and oxygen atoms in total. The quantitative estimate of drug-likeness (QED) is 0.580. The summed E-state index contributed by atoms with van der Waals surface area (Å²) >= 11 is 1.32. The molecule has 1 aromatic heterocycles. The van der Waals surface area contributed by atoms with Crippen LogP contribution in [0.5, 0.6) is 0 Å². The Labute approximate surface area is 206 Å². The number of anilines is 1. The largest absolute Gasteiger partial charge is 0.477 e. The number of aromatic carboxylic acids is 1. The lowest BCUT2D eigenvalue weighted by Crippen LogP contribution is -2.52. The first-order valence-electron chi connectivity index (χ1n) is 13.1. The van der Waals surface area contributed by atoms with Crippen LogP contribution in [0.1, 0.15) is 98.5 Å². The van der Waals surface area contributed by atoms with Gasteiger partial charge in [0, 0.05) is 35.8 Å². The van der Waals surface area contributed by atoms with Crippen LogP contribution in [0.3, 0.4) is 0 Å². The Morgan fingerprint density at radius 2 is 1.88 bits per heavy atom. The van der Waals surface area contributed by atoms with Crippen molar-refractivity contribution >= 4 is 40.4 Å². The highest BCUT2D eigenvalue weighted by atomic mass is 32.1. The first kappa shape index (κ1) is 23.6. The number of allylic oxidation sites excluding steroid dienone is 2. The van der Waals surface area contributed by atoms with E-state index in [0.29, 0.717) is 31.0 Å². The van der Waals surface area contributed by atoms with E-state index in [0.717, 1.165) is 62.7 Å². The fourth-order valence-electron chi connectivity index (χ4n) is 6.43. The lowest BCUT2D eigenvalue weighted by atomic mass is 9.81. The van der Waals surface area contributed by atoms with Crippen LogP contribution >= 0.6 is 11.3 Å². The van der Waals surface area contributed by atoms with Crippen molar-refractivity contribution in [2.45, 2.75) is 96.1 Å². The average molecular weight is 485 g/mol. The molecule has 0 spiro atoms. The van der Waals surface area contributed by atoms with Gasteiger partial charge in [0.1, 0.15) is 4.88 Å². The molecule has 0 bridgehead atoms. The molecule has 2 aliphatic carbocycles. The zero-order valence-electron chi connectivity index (χ0n) is 20.1. The second kappa shape index (κ2) is 9.84. The summed E-state index contributed by atoms with van der Waals surface area (Å²) in [5.74, 6) is -0.0367. The standard InChI is InChI=1S/C27H36N2O4S/c1-17-7-9-19(10-8-17)26(31)29(21-13-14-28-20(15-21)11-12-24(28)30)22-16-23(34-25(22)27(32)33)18-5-3-2-4-6-18/h5,16-17,19-21H,2-4,6-15H2,1H3,(H,32,33)/t17-,19-,20?,21?. The Morgan fingerprint density at radius 3 is 2.59 bits per heavy atom. The molecule has 4 aliphatic rings. The maximum Gasteiger partial charge on any atom is 0.348 e. The summed E-state index contributed by atoms with van der Waals surface area (Å²) in [6, 6.07) is 2.10. The number of carboxylic acid groups (broad SMARTS) is 1. The van der Waals surface area contributed by atoms with Gasteiger partial charge >= 0.3 is 5.97 Å². The zero-order valence-corrected chi connectivity index (χ0v) is 20.9. The SMILES string of the molecule is C[C@H]1CC[C@H](C(=O)N(c2cc(C3=CCCCC3)sc2C(=O)O)C2CCN3C(=O)CCC3C2)CC1. The Kier molecular flexibility index (Phi) is 6.83. The molecule has 0 radical (unpaired) electrons. The van der Waals surface area contributed by atoms with E-state index < -0.39 is 5.97 Å². The third kappa shape index (κ3) is 4.56. The van der Waals surface area contributed by atoms with Gasteiger partial charge in [-0.05, 0) is 88.2 Å². The number of carboxylic acids is 1. The summed E-state index contributed by atoms with van der Waals surface area (Å²) in [5, 5.41) is 10.1. The highest BCUT2D eigenvalue weighted by molar-refractivity contribution is 7.15. The highest BCUT2D eigenvalue weighted by Crippen LogP contribution is 2.42. The summed E-state index contributed by atoms with van der Waals surface area (Å²) in [4.78, 5) is 43.8. The maximum atomic E-state index is 14.1. The topological polar surface area (TPSA) is 77.9 Å². The minimum atomic E-state index is -0.953. The van der Waals surface area contributed by atoms with E-state index in [2.05, 4.69) is 13.0 Å². The predicted octanol–water partition coefficient (Wildman–Crippen LogP) is 5.72. The van der Waals surface area contributed by atoms with E-state index in [9.17, 15) is 19.5 Å². The van der Waals surface area contributed by atoms with E-state index in [1.165, 1.54) is 23.3 Å². The molecule has 2 aliphatic heterocycles. The van der Waals surface area contributed by atoms with Crippen molar-refractivity contribution < 1.29 is 19.5 Å². The molecule has 1 aromatic rings. The Hall–Kier alpha value is -2.15. The second-order valence-corrected chi connectivity index (χ2v) is 11.8. The van der Waals surface area contributed by atoms with Crippen molar-refractivity contribution in [2.24, 2.45) is 11.8 Å². The third-order valence-corrected chi connectivity index (χ3v) is 9.63. The van der Waals surface area contributed by atoms with Crippen LogP contribution in [0, 0.1) is 11.8 Å². The van der Waals surface area contributed by atoms with Crippen molar-refractivity contribution in [3.8, 4) is 0 Å². The molecule has 2 saturated heterocycles. The number of piperidine rings is 1. The van der Waals surface area contributed by atoms with Crippen molar-refractivity contribution in [1.82, 2.24) is 4.90 Å². The van der Waals surface area contributed by atoms with Crippen LogP contribution in [0.15, 0.2) is 12.1 Å². The first-order chi connectivity index (χ1) is 16.4. The fraction of sp³-hybridized carbons (Fsp3) is 0.667. The van der Waals surface area contributed by atoms with Gasteiger partial charge in [-0.3, -0.25) is 9.59 Å². The molecule has 5 rings (SSSR count). The minimum Gasteiger partial charge on any atom is -0.477 e. The van der Waals surface area contributed by atoms with Crippen LogP contribution in [0.25, 0.3) is 5.57 Å². The van der Waals surface area contributed by atoms with Crippen LogP contribution in [0.2, 0.25) is 0 Å². The Morgan fingerprint density at radius 1 is 1.09 bits per heavy atom. The van der Waals surface area contributed by atoms with E-state index in [-0.39, 0.29) is 34.7 Å². The molecule has 0 aromatic carbocycles. The van der Waals surface area contributed by atoms with Gasteiger partial charge in [-0.1, -0.05) is 13.0 Å². The molecule has 2 unspecified atom stereocenters. The van der Waals surface area contributed by atoms with Gasteiger partial charge < -0.3 is 14.9 Å². The Bertz CT molecular complexity index is 991. The molecule has 2 amide bonds. The molecule has 1 saturated carbocycles. The van der Waals surface area contributed by atoms with Crippen LogP contribution in [0.4, 0.5) is 5.69 Å². The van der Waals surface area contributed by atoms with E-state index in [1.54, 1.807) is 0 Å². The zero-order chi connectivity index (χ0) is 23.8. The van der Waals surface area contributed by atoms with E-state index in [1.807, 2.05) is 15.9 Å². The minimum absolute atomic E-state index is 0.0432. The summed E-state index contributed by atoms with van der Waals surface area (Å²) < 4.78 is 0. The Balaban J connectivity index is 1.51. The van der Waals surface area contributed by atoms with Gasteiger partial charge in [-0.2, -0.15) is 0 Å². The number of carbonyl (C=O) groups is 3. The van der Waals surface area contributed by atoms with Crippen LogP contribution in [-0.4, -0.2) is 46.4 Å². The number of amides is 2. The van der Waals surface area contributed by atoms with E-state index in [4.69, 9.17) is 0 Å².